The zero-order valence-corrected chi connectivity index (χ0v) is 14.2. The number of urea groups is 1. The van der Waals surface area contributed by atoms with Crippen LogP contribution in [0.2, 0.25) is 0 Å². The molecule has 2 bridgehead atoms. The summed E-state index contributed by atoms with van der Waals surface area (Å²) in [5.41, 5.74) is 1.89. The molecule has 3 heterocycles. The lowest BCUT2D eigenvalue weighted by molar-refractivity contribution is 0.0856. The highest BCUT2D eigenvalue weighted by Gasteiger charge is 2.41. The molecule has 0 aromatic heterocycles. The lowest BCUT2D eigenvalue weighted by Gasteiger charge is -2.20. The highest BCUT2D eigenvalue weighted by Crippen LogP contribution is 2.34. The van der Waals surface area contributed by atoms with Gasteiger partial charge in [-0.25, -0.2) is 4.79 Å². The van der Waals surface area contributed by atoms with Crippen molar-refractivity contribution < 1.29 is 19.1 Å². The number of carbonyl (C=O) groups is 1. The minimum absolute atomic E-state index is 0.134. The highest BCUT2D eigenvalue weighted by atomic mass is 16.6. The summed E-state index contributed by atoms with van der Waals surface area (Å²) < 4.78 is 10.9. The third kappa shape index (κ3) is 3.56. The van der Waals surface area contributed by atoms with E-state index in [2.05, 4.69) is 15.8 Å². The standard InChI is InChI=1S/C18H23N3O4/c1-23-12-4-2-11(3-5-12)15-9-14(25-21-15)10-19-18(22)20-16-8-13-6-7-17(16)24-13/h2-5,13-14,16-17H,6-10H2,1H3,(H2,19,20,22)/t13-,14-,16+,17-/m1/s1. The van der Waals surface area contributed by atoms with Gasteiger partial charge in [-0.2, -0.15) is 0 Å². The van der Waals surface area contributed by atoms with Crippen molar-refractivity contribution in [1.29, 1.82) is 0 Å². The number of rotatable bonds is 5. The summed E-state index contributed by atoms with van der Waals surface area (Å²) in [5.74, 6) is 0.808. The van der Waals surface area contributed by atoms with Crippen LogP contribution in [-0.2, 0) is 9.57 Å². The van der Waals surface area contributed by atoms with E-state index in [-0.39, 0.29) is 24.3 Å². The Morgan fingerprint density at radius 2 is 2.16 bits per heavy atom. The van der Waals surface area contributed by atoms with Crippen LogP contribution >= 0.6 is 0 Å². The van der Waals surface area contributed by atoms with Gasteiger partial charge in [0.05, 0.1) is 37.6 Å². The van der Waals surface area contributed by atoms with Crippen LogP contribution in [0, 0.1) is 0 Å². The van der Waals surface area contributed by atoms with Crippen LogP contribution < -0.4 is 15.4 Å². The Morgan fingerprint density at radius 1 is 1.32 bits per heavy atom. The Kier molecular flexibility index (Phi) is 4.48. The summed E-state index contributed by atoms with van der Waals surface area (Å²) in [6.45, 7) is 0.427. The highest BCUT2D eigenvalue weighted by molar-refractivity contribution is 6.01. The monoisotopic (exact) mass is 345 g/mol. The van der Waals surface area contributed by atoms with Crippen LogP contribution in [0.5, 0.6) is 5.75 Å². The Morgan fingerprint density at radius 3 is 2.84 bits per heavy atom. The van der Waals surface area contributed by atoms with E-state index in [9.17, 15) is 4.79 Å². The molecular weight excluding hydrogens is 322 g/mol. The predicted octanol–water partition coefficient (Wildman–Crippen LogP) is 1.81. The maximum Gasteiger partial charge on any atom is 0.315 e. The van der Waals surface area contributed by atoms with Crippen molar-refractivity contribution in [2.75, 3.05) is 13.7 Å². The number of nitrogens with zero attached hydrogens (tertiary/aromatic N) is 1. The minimum Gasteiger partial charge on any atom is -0.497 e. The predicted molar refractivity (Wildman–Crippen MR) is 91.9 cm³/mol. The fourth-order valence-electron chi connectivity index (χ4n) is 3.71. The van der Waals surface area contributed by atoms with Crippen molar-refractivity contribution in [3.63, 3.8) is 0 Å². The van der Waals surface area contributed by atoms with Crippen LogP contribution in [0.15, 0.2) is 29.4 Å². The number of oxime groups is 1. The fraction of sp³-hybridized carbons (Fsp3) is 0.556. The smallest absolute Gasteiger partial charge is 0.315 e. The average molecular weight is 345 g/mol. The van der Waals surface area contributed by atoms with E-state index in [1.165, 1.54) is 0 Å². The van der Waals surface area contributed by atoms with E-state index in [0.29, 0.717) is 19.1 Å². The molecule has 2 fully saturated rings. The van der Waals surface area contributed by atoms with Crippen molar-refractivity contribution in [2.45, 2.75) is 50.0 Å². The molecule has 0 spiro atoms. The van der Waals surface area contributed by atoms with Gasteiger partial charge in [-0.05, 0) is 49.1 Å². The molecule has 3 aliphatic rings. The molecule has 3 aliphatic heterocycles. The van der Waals surface area contributed by atoms with Crippen molar-refractivity contribution in [2.24, 2.45) is 5.16 Å². The lowest BCUT2D eigenvalue weighted by Crippen LogP contribution is -2.47. The van der Waals surface area contributed by atoms with Gasteiger partial charge >= 0.3 is 6.03 Å². The van der Waals surface area contributed by atoms with Crippen LogP contribution in [-0.4, -0.2) is 49.8 Å². The Hall–Kier alpha value is -2.28. The second kappa shape index (κ2) is 6.92. The SMILES string of the molecule is COc1ccc(C2=NO[C@@H](CNC(=O)N[C@H]3C[C@H]4CC[C@H]3O4)C2)cc1. The Bertz CT molecular complexity index is 661. The number of fused-ring (bicyclic) bond motifs is 2. The van der Waals surface area contributed by atoms with Gasteiger partial charge in [0.2, 0.25) is 0 Å². The van der Waals surface area contributed by atoms with Gasteiger partial charge in [-0.15, -0.1) is 0 Å². The normalized spacial score (nSPS) is 29.9. The van der Waals surface area contributed by atoms with Gasteiger partial charge in [0.25, 0.3) is 0 Å². The second-order valence-corrected chi connectivity index (χ2v) is 6.77. The van der Waals surface area contributed by atoms with E-state index in [1.807, 2.05) is 24.3 Å². The van der Waals surface area contributed by atoms with Gasteiger partial charge < -0.3 is 24.9 Å². The minimum atomic E-state index is -0.164. The molecule has 25 heavy (non-hydrogen) atoms. The molecule has 4 atom stereocenters. The topological polar surface area (TPSA) is 81.2 Å². The van der Waals surface area contributed by atoms with Crippen molar-refractivity contribution in [3.05, 3.63) is 29.8 Å². The van der Waals surface area contributed by atoms with Gasteiger partial charge in [0.15, 0.2) is 6.10 Å². The first-order valence-corrected chi connectivity index (χ1v) is 8.78. The van der Waals surface area contributed by atoms with Crippen LogP contribution in [0.25, 0.3) is 0 Å². The van der Waals surface area contributed by atoms with Crippen molar-refractivity contribution in [1.82, 2.24) is 10.6 Å². The summed E-state index contributed by atoms with van der Waals surface area (Å²) >= 11 is 0. The molecule has 2 amide bonds. The number of nitrogens with one attached hydrogen (secondary N) is 2. The van der Waals surface area contributed by atoms with Gasteiger partial charge in [0, 0.05) is 6.42 Å². The molecule has 1 aromatic rings. The second-order valence-electron chi connectivity index (χ2n) is 6.77. The average Bonchev–Trinajstić information content (AvgIpc) is 3.37. The molecule has 0 radical (unpaired) electrons. The number of hydrogen-bond acceptors (Lipinski definition) is 5. The molecule has 1 aromatic carbocycles. The first kappa shape index (κ1) is 16.2. The quantitative estimate of drug-likeness (QED) is 0.853. The number of methoxy groups -OCH3 is 1. The van der Waals surface area contributed by atoms with E-state index >= 15 is 0 Å². The molecular formula is C18H23N3O4. The largest absolute Gasteiger partial charge is 0.497 e. The van der Waals surface area contributed by atoms with Crippen LogP contribution in [0.4, 0.5) is 4.79 Å². The number of amides is 2. The van der Waals surface area contributed by atoms with E-state index in [4.69, 9.17) is 14.3 Å². The number of benzene rings is 1. The first-order chi connectivity index (χ1) is 12.2. The number of carbonyl (C=O) groups excluding carboxylic acids is 1. The molecule has 4 rings (SSSR count). The van der Waals surface area contributed by atoms with Gasteiger partial charge in [-0.1, -0.05) is 5.16 Å². The van der Waals surface area contributed by atoms with Crippen molar-refractivity contribution in [3.8, 4) is 5.75 Å². The summed E-state index contributed by atoms with van der Waals surface area (Å²) in [7, 11) is 1.64. The molecule has 7 heteroatoms. The van der Waals surface area contributed by atoms with Crippen molar-refractivity contribution >= 4 is 11.7 Å². The molecule has 0 saturated carbocycles. The Balaban J connectivity index is 1.21. The lowest BCUT2D eigenvalue weighted by atomic mass is 9.96. The number of hydrogen-bond donors (Lipinski definition) is 2. The first-order valence-electron chi connectivity index (χ1n) is 8.78. The summed E-state index contributed by atoms with van der Waals surface area (Å²) in [5, 5.41) is 10.0. The number of ether oxygens (including phenoxy) is 2. The maximum absolute atomic E-state index is 12.1. The third-order valence-corrected chi connectivity index (χ3v) is 5.07. The Labute approximate surface area is 146 Å². The van der Waals surface area contributed by atoms with Gasteiger partial charge in [-0.3, -0.25) is 0 Å². The van der Waals surface area contributed by atoms with E-state index < -0.39 is 0 Å². The molecule has 7 nitrogen and oxygen atoms in total. The fourth-order valence-corrected chi connectivity index (χ4v) is 3.71. The van der Waals surface area contributed by atoms with Crippen LogP contribution in [0.1, 0.15) is 31.2 Å². The zero-order chi connectivity index (χ0) is 17.2. The molecule has 2 N–H and O–H groups in total. The third-order valence-electron chi connectivity index (χ3n) is 5.07. The van der Waals surface area contributed by atoms with Crippen LogP contribution in [0.3, 0.4) is 0 Å². The maximum atomic E-state index is 12.1. The zero-order valence-electron chi connectivity index (χ0n) is 14.2. The molecule has 0 aliphatic carbocycles. The molecule has 134 valence electrons. The summed E-state index contributed by atoms with van der Waals surface area (Å²) in [4.78, 5) is 17.5. The summed E-state index contributed by atoms with van der Waals surface area (Å²) in [6, 6.07) is 7.68. The van der Waals surface area contributed by atoms with Gasteiger partial charge in [0.1, 0.15) is 5.75 Å². The van der Waals surface area contributed by atoms with E-state index in [1.54, 1.807) is 7.11 Å². The summed E-state index contributed by atoms with van der Waals surface area (Å²) in [6.07, 6.45) is 4.12. The molecule has 2 saturated heterocycles. The van der Waals surface area contributed by atoms with E-state index in [0.717, 1.165) is 36.3 Å². The molecule has 0 unspecified atom stereocenters.